The van der Waals surface area contributed by atoms with Crippen LogP contribution in [-0.2, 0) is 9.53 Å². The Bertz CT molecular complexity index is 781. The summed E-state index contributed by atoms with van der Waals surface area (Å²) in [4.78, 5) is 27.6. The number of hydrogen-bond donors (Lipinski definition) is 1. The van der Waals surface area contributed by atoms with Gasteiger partial charge in [0.05, 0.1) is 0 Å². The molecule has 0 amide bonds. The largest absolute Gasteiger partial charge is 0.457 e. The van der Waals surface area contributed by atoms with Crippen LogP contribution in [0.1, 0.15) is 29.4 Å². The minimum atomic E-state index is -1.09. The standard InChI is InChI=1S/C16H15Cl2NO3/c1-9-13(10-5-3-4-6-11(10)19-9)12(20)7-22-14(21)15(2)8-16(15,17)18/h3-6,19H,7-8H2,1-2H3/t15-/m0/s1. The number of rotatable bonds is 4. The molecule has 3 rings (SSSR count). The van der Waals surface area contributed by atoms with E-state index in [1.165, 1.54) is 0 Å². The Morgan fingerprint density at radius 1 is 1.32 bits per heavy atom. The van der Waals surface area contributed by atoms with Crippen LogP contribution < -0.4 is 0 Å². The average Bonchev–Trinajstić information content (AvgIpc) is 2.82. The molecule has 1 atom stereocenters. The van der Waals surface area contributed by atoms with Gasteiger partial charge in [0.1, 0.15) is 9.75 Å². The number of ketones is 1. The normalized spacial score (nSPS) is 22.5. The number of halogens is 2. The van der Waals surface area contributed by atoms with Crippen molar-refractivity contribution >= 4 is 45.9 Å². The highest BCUT2D eigenvalue weighted by atomic mass is 35.5. The Hall–Kier alpha value is -1.52. The zero-order valence-corrected chi connectivity index (χ0v) is 13.7. The second-order valence-corrected chi connectivity index (χ2v) is 7.37. The van der Waals surface area contributed by atoms with Gasteiger partial charge in [0, 0.05) is 28.6 Å². The molecule has 1 aliphatic carbocycles. The number of aromatic amines is 1. The van der Waals surface area contributed by atoms with Crippen molar-refractivity contribution in [2.24, 2.45) is 5.41 Å². The van der Waals surface area contributed by atoms with E-state index in [1.54, 1.807) is 6.92 Å². The summed E-state index contributed by atoms with van der Waals surface area (Å²) in [5, 5.41) is 0.822. The Morgan fingerprint density at radius 2 is 1.95 bits per heavy atom. The van der Waals surface area contributed by atoms with E-state index in [-0.39, 0.29) is 12.4 Å². The highest BCUT2D eigenvalue weighted by molar-refractivity contribution is 6.53. The quantitative estimate of drug-likeness (QED) is 0.523. The molecule has 1 aliphatic rings. The summed E-state index contributed by atoms with van der Waals surface area (Å²) in [6.45, 7) is 3.14. The second-order valence-electron chi connectivity index (χ2n) is 5.88. The van der Waals surface area contributed by atoms with Crippen LogP contribution in [0.5, 0.6) is 0 Å². The molecule has 1 heterocycles. The van der Waals surface area contributed by atoms with Crippen LogP contribution in [0.4, 0.5) is 0 Å². The first kappa shape index (κ1) is 15.4. The molecule has 0 bridgehead atoms. The van der Waals surface area contributed by atoms with Gasteiger partial charge in [-0.1, -0.05) is 18.2 Å². The highest BCUT2D eigenvalue weighted by Gasteiger charge is 2.69. The summed E-state index contributed by atoms with van der Waals surface area (Å²) >= 11 is 11.9. The fourth-order valence-corrected chi connectivity index (χ4v) is 3.31. The van der Waals surface area contributed by atoms with Crippen LogP contribution in [0, 0.1) is 12.3 Å². The van der Waals surface area contributed by atoms with Crippen LogP contribution in [-0.4, -0.2) is 27.7 Å². The molecule has 116 valence electrons. The monoisotopic (exact) mass is 339 g/mol. The van der Waals surface area contributed by atoms with Gasteiger partial charge in [-0.3, -0.25) is 9.59 Å². The molecular formula is C16H15Cl2NO3. The number of nitrogens with one attached hydrogen (secondary N) is 1. The van der Waals surface area contributed by atoms with Gasteiger partial charge in [0.25, 0.3) is 0 Å². The van der Waals surface area contributed by atoms with Crippen LogP contribution in [0.2, 0.25) is 0 Å². The molecule has 1 aromatic carbocycles. The van der Waals surface area contributed by atoms with Crippen molar-refractivity contribution in [3.8, 4) is 0 Å². The summed E-state index contributed by atoms with van der Waals surface area (Å²) in [5.41, 5.74) is 1.26. The number of alkyl halides is 2. The molecule has 1 N–H and O–H groups in total. The number of para-hydroxylation sites is 1. The maximum absolute atomic E-state index is 12.4. The van der Waals surface area contributed by atoms with Gasteiger partial charge in [-0.2, -0.15) is 0 Å². The van der Waals surface area contributed by atoms with Crippen molar-refractivity contribution in [2.45, 2.75) is 24.6 Å². The third kappa shape index (κ3) is 2.31. The van der Waals surface area contributed by atoms with Crippen molar-refractivity contribution in [3.05, 3.63) is 35.5 Å². The van der Waals surface area contributed by atoms with E-state index in [2.05, 4.69) is 4.98 Å². The van der Waals surface area contributed by atoms with Crippen molar-refractivity contribution in [2.75, 3.05) is 6.61 Å². The third-order valence-corrected chi connectivity index (χ3v) is 5.32. The average molecular weight is 340 g/mol. The summed E-state index contributed by atoms with van der Waals surface area (Å²) in [5.74, 6) is -0.786. The second kappa shape index (κ2) is 5.00. The van der Waals surface area contributed by atoms with Gasteiger partial charge in [0.15, 0.2) is 6.61 Å². The lowest BCUT2D eigenvalue weighted by Crippen LogP contribution is -2.24. The predicted molar refractivity (Wildman–Crippen MR) is 85.5 cm³/mol. The molecular weight excluding hydrogens is 325 g/mol. The summed E-state index contributed by atoms with van der Waals surface area (Å²) in [6.07, 6.45) is 0.336. The third-order valence-electron chi connectivity index (χ3n) is 4.22. The van der Waals surface area contributed by atoms with Gasteiger partial charge in [0.2, 0.25) is 5.78 Å². The number of fused-ring (bicyclic) bond motifs is 1. The number of carbonyl (C=O) groups excluding carboxylic acids is 2. The molecule has 6 heteroatoms. The topological polar surface area (TPSA) is 59.2 Å². The van der Waals surface area contributed by atoms with Crippen LogP contribution in [0.3, 0.4) is 0 Å². The SMILES string of the molecule is Cc1[nH]c2ccccc2c1C(=O)COC(=O)[C@]1(C)CC1(Cl)Cl. The van der Waals surface area contributed by atoms with Crippen molar-refractivity contribution in [1.82, 2.24) is 4.98 Å². The summed E-state index contributed by atoms with van der Waals surface area (Å²) < 4.78 is 4.03. The predicted octanol–water partition coefficient (Wildman–Crippen LogP) is 3.79. The first-order valence-electron chi connectivity index (χ1n) is 6.92. The molecule has 0 saturated heterocycles. The first-order chi connectivity index (χ1) is 10.3. The van der Waals surface area contributed by atoms with Crippen molar-refractivity contribution in [3.63, 3.8) is 0 Å². The Morgan fingerprint density at radius 3 is 2.59 bits per heavy atom. The molecule has 1 saturated carbocycles. The summed E-state index contributed by atoms with van der Waals surface area (Å²) in [7, 11) is 0. The number of H-pyrrole nitrogens is 1. The van der Waals surface area contributed by atoms with Crippen LogP contribution >= 0.6 is 23.2 Å². The van der Waals surface area contributed by atoms with E-state index in [0.717, 1.165) is 16.6 Å². The number of carbonyl (C=O) groups is 2. The van der Waals surface area contributed by atoms with E-state index in [4.69, 9.17) is 27.9 Å². The maximum Gasteiger partial charge on any atom is 0.315 e. The lowest BCUT2D eigenvalue weighted by molar-refractivity contribution is -0.148. The molecule has 0 unspecified atom stereocenters. The number of benzene rings is 1. The van der Waals surface area contributed by atoms with E-state index in [0.29, 0.717) is 12.0 Å². The molecule has 22 heavy (non-hydrogen) atoms. The van der Waals surface area contributed by atoms with Crippen molar-refractivity contribution < 1.29 is 14.3 Å². The number of esters is 1. The maximum atomic E-state index is 12.4. The molecule has 0 aliphatic heterocycles. The first-order valence-corrected chi connectivity index (χ1v) is 7.67. The Balaban J connectivity index is 1.75. The molecule has 0 radical (unpaired) electrons. The smallest absolute Gasteiger partial charge is 0.315 e. The van der Waals surface area contributed by atoms with E-state index in [1.807, 2.05) is 31.2 Å². The number of ether oxygens (including phenoxy) is 1. The number of aryl methyl sites for hydroxylation is 1. The minimum absolute atomic E-state index is 0.248. The van der Waals surface area contributed by atoms with Crippen LogP contribution in [0.15, 0.2) is 24.3 Å². The van der Waals surface area contributed by atoms with Gasteiger partial charge in [-0.15, -0.1) is 23.2 Å². The zero-order valence-electron chi connectivity index (χ0n) is 12.2. The van der Waals surface area contributed by atoms with Gasteiger partial charge in [-0.05, 0) is 19.9 Å². The lowest BCUT2D eigenvalue weighted by Gasteiger charge is -2.11. The lowest BCUT2D eigenvalue weighted by atomic mass is 10.1. The fraction of sp³-hybridized carbons (Fsp3) is 0.375. The van der Waals surface area contributed by atoms with E-state index >= 15 is 0 Å². The van der Waals surface area contributed by atoms with Crippen molar-refractivity contribution in [1.29, 1.82) is 0 Å². The van der Waals surface area contributed by atoms with E-state index in [9.17, 15) is 9.59 Å². The van der Waals surface area contributed by atoms with Gasteiger partial charge >= 0.3 is 5.97 Å². The highest BCUT2D eigenvalue weighted by Crippen LogP contribution is 2.64. The van der Waals surface area contributed by atoms with E-state index < -0.39 is 15.7 Å². The Kier molecular flexibility index (Phi) is 3.49. The minimum Gasteiger partial charge on any atom is -0.457 e. The van der Waals surface area contributed by atoms with Gasteiger partial charge < -0.3 is 9.72 Å². The summed E-state index contributed by atoms with van der Waals surface area (Å²) in [6, 6.07) is 7.50. The number of aromatic nitrogens is 1. The fourth-order valence-electron chi connectivity index (χ4n) is 2.62. The van der Waals surface area contributed by atoms with Crippen LogP contribution in [0.25, 0.3) is 10.9 Å². The molecule has 1 fully saturated rings. The molecule has 4 nitrogen and oxygen atoms in total. The molecule has 2 aromatic rings. The number of Topliss-reactive ketones (excluding diaryl/α,β-unsaturated/α-hetero) is 1. The Labute approximate surface area is 137 Å². The van der Waals surface area contributed by atoms with Gasteiger partial charge in [-0.25, -0.2) is 0 Å². The zero-order chi connectivity index (χ0) is 16.1. The molecule has 1 aromatic heterocycles. The number of hydrogen-bond acceptors (Lipinski definition) is 3. The molecule has 0 spiro atoms.